The molecule has 4 aromatic rings. The first-order valence-corrected chi connectivity index (χ1v) is 15.7. The van der Waals surface area contributed by atoms with Gasteiger partial charge in [0, 0.05) is 28.9 Å². The monoisotopic (exact) mass is 663 g/mol. The minimum Gasteiger partial charge on any atom is -0.489 e. The predicted octanol–water partition coefficient (Wildman–Crippen LogP) is 6.52. The van der Waals surface area contributed by atoms with Crippen LogP contribution in [-0.2, 0) is 11.3 Å². The molecular formula is C38H41N5O6. The third-order valence-electron chi connectivity index (χ3n) is 7.05. The van der Waals surface area contributed by atoms with Gasteiger partial charge in [0.25, 0.3) is 11.8 Å². The number of primary amides is 1. The molecule has 0 saturated carbocycles. The molecule has 49 heavy (non-hydrogen) atoms. The SMILES string of the molecule is CC(C)CNC(=O)c1ccc(-c2ccc(OCc3ccccc3)cc2C(=O)Nc2ccc(C(=N)NC(=O)OC(C)(C)C)cc2)c(C(N)=O)c1. The molecule has 254 valence electrons. The van der Waals surface area contributed by atoms with E-state index in [4.69, 9.17) is 20.6 Å². The Bertz CT molecular complexity index is 1850. The van der Waals surface area contributed by atoms with Gasteiger partial charge in [0.1, 0.15) is 23.8 Å². The van der Waals surface area contributed by atoms with Crippen LogP contribution in [0, 0.1) is 11.3 Å². The molecule has 0 aliphatic carbocycles. The van der Waals surface area contributed by atoms with Gasteiger partial charge in [-0.25, -0.2) is 4.79 Å². The first-order chi connectivity index (χ1) is 23.2. The molecule has 0 aliphatic rings. The molecule has 0 atom stereocenters. The van der Waals surface area contributed by atoms with E-state index < -0.39 is 23.5 Å². The van der Waals surface area contributed by atoms with Crippen LogP contribution in [0.4, 0.5) is 10.5 Å². The number of ether oxygens (including phenoxy) is 2. The third-order valence-corrected chi connectivity index (χ3v) is 7.05. The van der Waals surface area contributed by atoms with Gasteiger partial charge in [0.05, 0.1) is 5.56 Å². The van der Waals surface area contributed by atoms with Crippen LogP contribution in [0.1, 0.15) is 76.8 Å². The molecule has 6 N–H and O–H groups in total. The van der Waals surface area contributed by atoms with Crippen LogP contribution in [0.25, 0.3) is 11.1 Å². The molecule has 0 saturated heterocycles. The summed E-state index contributed by atoms with van der Waals surface area (Å²) in [7, 11) is 0. The van der Waals surface area contributed by atoms with E-state index in [1.807, 2.05) is 44.2 Å². The summed E-state index contributed by atoms with van der Waals surface area (Å²) in [6.07, 6.45) is -0.753. The molecule has 0 bridgehead atoms. The molecule has 4 aromatic carbocycles. The maximum Gasteiger partial charge on any atom is 0.413 e. The molecule has 11 heteroatoms. The summed E-state index contributed by atoms with van der Waals surface area (Å²) in [5.41, 5.74) is 8.09. The van der Waals surface area contributed by atoms with Crippen molar-refractivity contribution in [2.45, 2.75) is 46.8 Å². The third kappa shape index (κ3) is 10.3. The minimum atomic E-state index is -0.762. The summed E-state index contributed by atoms with van der Waals surface area (Å²) in [5.74, 6) is -1.13. The molecule has 0 aromatic heterocycles. The van der Waals surface area contributed by atoms with Crippen molar-refractivity contribution in [2.24, 2.45) is 11.7 Å². The highest BCUT2D eigenvalue weighted by Gasteiger charge is 2.22. The number of nitrogens with one attached hydrogen (secondary N) is 4. The van der Waals surface area contributed by atoms with E-state index in [-0.39, 0.29) is 41.0 Å². The molecule has 4 rings (SSSR count). The van der Waals surface area contributed by atoms with Gasteiger partial charge in [-0.15, -0.1) is 0 Å². The maximum atomic E-state index is 13.9. The number of amides is 4. The van der Waals surface area contributed by atoms with Gasteiger partial charge in [0.15, 0.2) is 0 Å². The van der Waals surface area contributed by atoms with E-state index in [2.05, 4.69) is 16.0 Å². The Hall–Kier alpha value is -5.97. The quantitative estimate of drug-likeness (QED) is 0.0903. The molecule has 11 nitrogen and oxygen atoms in total. The van der Waals surface area contributed by atoms with Gasteiger partial charge in [0.2, 0.25) is 5.91 Å². The molecule has 0 heterocycles. The molecule has 4 amide bonds. The zero-order valence-electron chi connectivity index (χ0n) is 28.2. The number of hydrogen-bond acceptors (Lipinski definition) is 7. The van der Waals surface area contributed by atoms with Gasteiger partial charge in [-0.3, -0.25) is 25.1 Å². The van der Waals surface area contributed by atoms with Crippen LogP contribution in [0.5, 0.6) is 5.75 Å². The number of hydrogen-bond donors (Lipinski definition) is 5. The Labute approximate surface area is 285 Å². The van der Waals surface area contributed by atoms with Gasteiger partial charge in [-0.1, -0.05) is 50.2 Å². The topological polar surface area (TPSA) is 173 Å². The number of carbonyl (C=O) groups excluding carboxylic acids is 4. The molecule has 0 fully saturated rings. The number of amidine groups is 1. The lowest BCUT2D eigenvalue weighted by Crippen LogP contribution is -2.36. The first-order valence-electron chi connectivity index (χ1n) is 15.7. The van der Waals surface area contributed by atoms with Crippen molar-refractivity contribution in [1.82, 2.24) is 10.6 Å². The number of nitrogens with two attached hydrogens (primary N) is 1. The number of carbonyl (C=O) groups is 4. The number of benzene rings is 4. The average Bonchev–Trinajstić information content (AvgIpc) is 3.05. The van der Waals surface area contributed by atoms with E-state index in [0.29, 0.717) is 34.7 Å². The largest absolute Gasteiger partial charge is 0.489 e. The minimum absolute atomic E-state index is 0.0737. The van der Waals surface area contributed by atoms with Crippen LogP contribution in [0.2, 0.25) is 0 Å². The Morgan fingerprint density at radius 1 is 0.796 bits per heavy atom. The van der Waals surface area contributed by atoms with Crippen molar-refractivity contribution < 1.29 is 28.7 Å². The molecular weight excluding hydrogens is 622 g/mol. The van der Waals surface area contributed by atoms with E-state index >= 15 is 0 Å². The van der Waals surface area contributed by atoms with Crippen LogP contribution >= 0.6 is 0 Å². The summed E-state index contributed by atoms with van der Waals surface area (Å²) in [5, 5.41) is 16.3. The van der Waals surface area contributed by atoms with Crippen LogP contribution in [-0.4, -0.2) is 41.8 Å². The molecule has 0 spiro atoms. The maximum absolute atomic E-state index is 13.9. The van der Waals surface area contributed by atoms with E-state index in [1.54, 1.807) is 75.4 Å². The van der Waals surface area contributed by atoms with Gasteiger partial charge < -0.3 is 25.8 Å². The Balaban J connectivity index is 1.64. The fraction of sp³-hybridized carbons (Fsp3) is 0.237. The van der Waals surface area contributed by atoms with Gasteiger partial charge in [-0.05, 0) is 98.0 Å². The highest BCUT2D eigenvalue weighted by molar-refractivity contribution is 6.12. The summed E-state index contributed by atoms with van der Waals surface area (Å²) >= 11 is 0. The van der Waals surface area contributed by atoms with Crippen LogP contribution in [0.15, 0.2) is 91.0 Å². The predicted molar refractivity (Wildman–Crippen MR) is 189 cm³/mol. The second-order valence-electron chi connectivity index (χ2n) is 12.7. The second kappa shape index (κ2) is 15.7. The average molecular weight is 664 g/mol. The fourth-order valence-electron chi connectivity index (χ4n) is 4.70. The highest BCUT2D eigenvalue weighted by atomic mass is 16.6. The number of anilines is 1. The lowest BCUT2D eigenvalue weighted by Gasteiger charge is -2.19. The highest BCUT2D eigenvalue weighted by Crippen LogP contribution is 2.32. The van der Waals surface area contributed by atoms with Crippen molar-refractivity contribution in [3.8, 4) is 16.9 Å². The Morgan fingerprint density at radius 3 is 2.06 bits per heavy atom. The van der Waals surface area contributed by atoms with E-state index in [1.165, 1.54) is 6.07 Å². The Kier molecular flexibility index (Phi) is 11.5. The van der Waals surface area contributed by atoms with Gasteiger partial charge in [-0.2, -0.15) is 0 Å². The van der Waals surface area contributed by atoms with Gasteiger partial charge >= 0.3 is 6.09 Å². The summed E-state index contributed by atoms with van der Waals surface area (Å²) in [6, 6.07) is 25.4. The molecule has 0 radical (unpaired) electrons. The summed E-state index contributed by atoms with van der Waals surface area (Å²) in [6.45, 7) is 9.84. The standard InChI is InChI=1S/C38H41N5O6/c1-23(2)21-41-35(45)26-13-17-29(31(19-26)34(40)44)30-18-16-28(48-22-24-9-7-6-8-10-24)20-32(30)36(46)42-27-14-11-25(12-15-27)33(39)43-37(47)49-38(3,4)5/h6-20,23H,21-22H2,1-5H3,(H2,40,44)(H,41,45)(H,42,46)(H2,39,43,47). The lowest BCUT2D eigenvalue weighted by atomic mass is 9.92. The second-order valence-corrected chi connectivity index (χ2v) is 12.7. The lowest BCUT2D eigenvalue weighted by molar-refractivity contribution is 0.0562. The van der Waals surface area contributed by atoms with Crippen molar-refractivity contribution in [3.63, 3.8) is 0 Å². The first kappa shape index (κ1) is 35.9. The zero-order chi connectivity index (χ0) is 35.7. The molecule has 0 aliphatic heterocycles. The van der Waals surface area contributed by atoms with Crippen molar-refractivity contribution >= 4 is 35.3 Å². The zero-order valence-corrected chi connectivity index (χ0v) is 28.2. The van der Waals surface area contributed by atoms with E-state index in [9.17, 15) is 19.2 Å². The van der Waals surface area contributed by atoms with Crippen molar-refractivity contribution in [3.05, 3.63) is 119 Å². The van der Waals surface area contributed by atoms with Crippen molar-refractivity contribution in [2.75, 3.05) is 11.9 Å². The smallest absolute Gasteiger partial charge is 0.413 e. The van der Waals surface area contributed by atoms with Crippen LogP contribution in [0.3, 0.4) is 0 Å². The summed E-state index contributed by atoms with van der Waals surface area (Å²) in [4.78, 5) is 51.4. The summed E-state index contributed by atoms with van der Waals surface area (Å²) < 4.78 is 11.2. The number of rotatable bonds is 11. The Morgan fingerprint density at radius 2 is 1.43 bits per heavy atom. The van der Waals surface area contributed by atoms with E-state index in [0.717, 1.165) is 5.56 Å². The normalized spacial score (nSPS) is 11.0. The molecule has 0 unspecified atom stereocenters. The van der Waals surface area contributed by atoms with Crippen LogP contribution < -0.4 is 26.4 Å². The number of alkyl carbamates (subject to hydrolysis) is 1. The fourth-order valence-corrected chi connectivity index (χ4v) is 4.70. The van der Waals surface area contributed by atoms with Crippen molar-refractivity contribution in [1.29, 1.82) is 5.41 Å².